The third kappa shape index (κ3) is 11.7. The molecule has 0 aliphatic heterocycles. The van der Waals surface area contributed by atoms with E-state index in [9.17, 15) is 4.79 Å². The minimum atomic E-state index is -0.0181. The van der Waals surface area contributed by atoms with Crippen molar-refractivity contribution in [3.8, 4) is 0 Å². The van der Waals surface area contributed by atoms with Crippen LogP contribution in [-0.4, -0.2) is 74.0 Å². The number of hydrogen-bond acceptors (Lipinski definition) is 3. The Bertz CT molecular complexity index is 375. The minimum absolute atomic E-state index is 0. The van der Waals surface area contributed by atoms with E-state index >= 15 is 0 Å². The van der Waals surface area contributed by atoms with Gasteiger partial charge in [-0.2, -0.15) is 0 Å². The summed E-state index contributed by atoms with van der Waals surface area (Å²) >= 11 is 0. The first-order valence-corrected chi connectivity index (χ1v) is 8.38. The van der Waals surface area contributed by atoms with E-state index in [4.69, 9.17) is 0 Å². The van der Waals surface area contributed by atoms with Gasteiger partial charge in [0.25, 0.3) is 0 Å². The maximum absolute atomic E-state index is 11.6. The summed E-state index contributed by atoms with van der Waals surface area (Å²) in [6.07, 6.45) is 2.79. The molecular formula is C17H36IN5O. The summed E-state index contributed by atoms with van der Waals surface area (Å²) < 4.78 is 0. The fourth-order valence-electron chi connectivity index (χ4n) is 2.21. The van der Waals surface area contributed by atoms with E-state index in [1.165, 1.54) is 4.90 Å². The molecular weight excluding hydrogens is 417 g/mol. The molecule has 24 heavy (non-hydrogen) atoms. The Kier molecular flexibility index (Phi) is 15.4. The van der Waals surface area contributed by atoms with Gasteiger partial charge in [-0.3, -0.25) is 9.69 Å². The maximum atomic E-state index is 11.6. The van der Waals surface area contributed by atoms with Crippen molar-refractivity contribution in [3.05, 3.63) is 12.7 Å². The van der Waals surface area contributed by atoms with Crippen LogP contribution in [0.25, 0.3) is 0 Å². The molecule has 0 fully saturated rings. The Labute approximate surface area is 165 Å². The first kappa shape index (κ1) is 25.4. The molecule has 0 bridgehead atoms. The van der Waals surface area contributed by atoms with Crippen LogP contribution in [0.1, 0.15) is 34.1 Å². The minimum Gasteiger partial charge on any atom is -0.356 e. The Morgan fingerprint density at radius 2 is 1.75 bits per heavy atom. The SMILES string of the molecule is C=CCNC(=NCC(=O)N(C)C)NCCCN(C(C)C)C(C)C.I. The maximum Gasteiger partial charge on any atom is 0.243 e. The van der Waals surface area contributed by atoms with E-state index in [0.29, 0.717) is 24.6 Å². The van der Waals surface area contributed by atoms with Crippen molar-refractivity contribution in [1.82, 2.24) is 20.4 Å². The topological polar surface area (TPSA) is 60.0 Å². The lowest BCUT2D eigenvalue weighted by Gasteiger charge is -2.30. The van der Waals surface area contributed by atoms with Gasteiger partial charge in [0.1, 0.15) is 6.54 Å². The first-order chi connectivity index (χ1) is 10.8. The number of guanidine groups is 1. The monoisotopic (exact) mass is 453 g/mol. The predicted octanol–water partition coefficient (Wildman–Crippen LogP) is 1.92. The van der Waals surface area contributed by atoms with Crippen molar-refractivity contribution in [2.45, 2.75) is 46.2 Å². The van der Waals surface area contributed by atoms with Crippen LogP contribution in [0.3, 0.4) is 0 Å². The summed E-state index contributed by atoms with van der Waals surface area (Å²) in [4.78, 5) is 19.9. The highest BCUT2D eigenvalue weighted by atomic mass is 127. The zero-order valence-corrected chi connectivity index (χ0v) is 18.5. The van der Waals surface area contributed by atoms with Crippen molar-refractivity contribution < 1.29 is 4.79 Å². The third-order valence-corrected chi connectivity index (χ3v) is 3.50. The van der Waals surface area contributed by atoms with E-state index in [1.807, 2.05) is 0 Å². The molecule has 0 heterocycles. The molecule has 0 aromatic carbocycles. The van der Waals surface area contributed by atoms with E-state index in [1.54, 1.807) is 20.2 Å². The van der Waals surface area contributed by atoms with Gasteiger partial charge in [0.05, 0.1) is 0 Å². The molecule has 0 unspecified atom stereocenters. The second-order valence-corrected chi connectivity index (χ2v) is 6.33. The van der Waals surface area contributed by atoms with Crippen LogP contribution in [0.4, 0.5) is 0 Å². The van der Waals surface area contributed by atoms with Crippen LogP contribution in [0.2, 0.25) is 0 Å². The Hall–Kier alpha value is -0.830. The van der Waals surface area contributed by atoms with Gasteiger partial charge in [-0.1, -0.05) is 6.08 Å². The lowest BCUT2D eigenvalue weighted by molar-refractivity contribution is -0.127. The van der Waals surface area contributed by atoms with Crippen LogP contribution in [-0.2, 0) is 4.79 Å². The highest BCUT2D eigenvalue weighted by molar-refractivity contribution is 14.0. The van der Waals surface area contributed by atoms with E-state index in [2.05, 4.69) is 54.8 Å². The highest BCUT2D eigenvalue weighted by Crippen LogP contribution is 2.05. The van der Waals surface area contributed by atoms with Crippen LogP contribution < -0.4 is 10.6 Å². The standard InChI is InChI=1S/C17H35N5O.HI/c1-8-10-18-17(20-13-16(23)21(6)7)19-11-9-12-22(14(2)3)15(4)5;/h8,14-15H,1,9-13H2,2-7H3,(H2,18,19,20);1H. The number of nitrogens with one attached hydrogen (secondary N) is 2. The predicted molar refractivity (Wildman–Crippen MR) is 114 cm³/mol. The van der Waals surface area contributed by atoms with Gasteiger partial charge in [-0.05, 0) is 34.1 Å². The number of carbonyl (C=O) groups excluding carboxylic acids is 1. The second-order valence-electron chi connectivity index (χ2n) is 6.33. The molecule has 7 heteroatoms. The summed E-state index contributed by atoms with van der Waals surface area (Å²) in [7, 11) is 3.46. The van der Waals surface area contributed by atoms with Crippen molar-refractivity contribution in [2.75, 3.05) is 40.3 Å². The lowest BCUT2D eigenvalue weighted by Crippen LogP contribution is -2.41. The lowest BCUT2D eigenvalue weighted by atomic mass is 10.2. The molecule has 0 saturated heterocycles. The zero-order valence-electron chi connectivity index (χ0n) is 16.1. The number of rotatable bonds is 10. The molecule has 1 amide bonds. The van der Waals surface area contributed by atoms with E-state index < -0.39 is 0 Å². The molecule has 0 aromatic heterocycles. The molecule has 0 radical (unpaired) electrons. The molecule has 0 atom stereocenters. The number of hydrogen-bond donors (Lipinski definition) is 2. The molecule has 0 aliphatic rings. The van der Waals surface area contributed by atoms with Crippen molar-refractivity contribution >= 4 is 35.8 Å². The number of amides is 1. The summed E-state index contributed by atoms with van der Waals surface area (Å²) in [6, 6.07) is 1.08. The Morgan fingerprint density at radius 1 is 1.17 bits per heavy atom. The van der Waals surface area contributed by atoms with Crippen molar-refractivity contribution in [2.24, 2.45) is 4.99 Å². The number of halogens is 1. The van der Waals surface area contributed by atoms with Crippen molar-refractivity contribution in [1.29, 1.82) is 0 Å². The molecule has 142 valence electrons. The molecule has 2 N–H and O–H groups in total. The molecule has 0 saturated carbocycles. The fourth-order valence-corrected chi connectivity index (χ4v) is 2.21. The summed E-state index contributed by atoms with van der Waals surface area (Å²) in [5.41, 5.74) is 0. The van der Waals surface area contributed by atoms with Crippen molar-refractivity contribution in [3.63, 3.8) is 0 Å². The van der Waals surface area contributed by atoms with Gasteiger partial charge >= 0.3 is 0 Å². The molecule has 0 spiro atoms. The first-order valence-electron chi connectivity index (χ1n) is 8.38. The van der Waals surface area contributed by atoms with Crippen LogP contribution in [0, 0.1) is 0 Å². The van der Waals surface area contributed by atoms with Gasteiger partial charge in [-0.15, -0.1) is 30.6 Å². The fraction of sp³-hybridized carbons (Fsp3) is 0.765. The van der Waals surface area contributed by atoms with Gasteiger partial charge in [0, 0.05) is 45.8 Å². The van der Waals surface area contributed by atoms with Crippen LogP contribution >= 0.6 is 24.0 Å². The number of likely N-dealkylation sites (N-methyl/N-ethyl adjacent to an activating group) is 1. The third-order valence-electron chi connectivity index (χ3n) is 3.50. The average molecular weight is 453 g/mol. The van der Waals surface area contributed by atoms with Crippen LogP contribution in [0.15, 0.2) is 17.6 Å². The highest BCUT2D eigenvalue weighted by Gasteiger charge is 2.12. The number of nitrogens with zero attached hydrogens (tertiary/aromatic N) is 3. The van der Waals surface area contributed by atoms with Gasteiger partial charge in [0.15, 0.2) is 5.96 Å². The van der Waals surface area contributed by atoms with Gasteiger partial charge in [0.2, 0.25) is 5.91 Å². The molecule has 6 nitrogen and oxygen atoms in total. The second kappa shape index (κ2) is 14.5. The smallest absolute Gasteiger partial charge is 0.243 e. The molecule has 0 aromatic rings. The summed E-state index contributed by atoms with van der Waals surface area (Å²) in [5.74, 6) is 0.635. The van der Waals surface area contributed by atoms with Gasteiger partial charge < -0.3 is 15.5 Å². The normalized spacial score (nSPS) is 11.5. The molecule has 0 aliphatic carbocycles. The van der Waals surface area contributed by atoms with E-state index in [0.717, 1.165) is 19.5 Å². The largest absolute Gasteiger partial charge is 0.356 e. The Balaban J connectivity index is 0. The molecule has 0 rings (SSSR count). The zero-order chi connectivity index (χ0) is 17.8. The summed E-state index contributed by atoms with van der Waals surface area (Å²) in [6.45, 7) is 15.2. The Morgan fingerprint density at radius 3 is 2.21 bits per heavy atom. The van der Waals surface area contributed by atoms with Gasteiger partial charge in [-0.25, -0.2) is 4.99 Å². The summed E-state index contributed by atoms with van der Waals surface area (Å²) in [5, 5.41) is 6.41. The number of carbonyl (C=O) groups is 1. The number of aliphatic imine (C=N–C) groups is 1. The van der Waals surface area contributed by atoms with E-state index in [-0.39, 0.29) is 36.4 Å². The average Bonchev–Trinajstić information content (AvgIpc) is 2.47. The quantitative estimate of drug-likeness (QED) is 0.175. The van der Waals surface area contributed by atoms with Crippen LogP contribution in [0.5, 0.6) is 0 Å².